The van der Waals surface area contributed by atoms with Crippen LogP contribution in [0.15, 0.2) is 39.8 Å². The molecular weight excluding hydrogens is 370 g/mol. The second kappa shape index (κ2) is 8.68. The van der Waals surface area contributed by atoms with Gasteiger partial charge < -0.3 is 14.4 Å². The summed E-state index contributed by atoms with van der Waals surface area (Å²) in [6, 6.07) is 9.69. The second-order valence-corrected chi connectivity index (χ2v) is 6.15. The summed E-state index contributed by atoms with van der Waals surface area (Å²) in [7, 11) is 3.63. The van der Waals surface area contributed by atoms with E-state index >= 15 is 0 Å². The molecule has 0 radical (unpaired) electrons. The first kappa shape index (κ1) is 18.3. The summed E-state index contributed by atoms with van der Waals surface area (Å²) < 4.78 is 12.0. The zero-order valence-corrected chi connectivity index (χ0v) is 16.0. The van der Waals surface area contributed by atoms with Crippen LogP contribution in [0.2, 0.25) is 0 Å². The quantitative estimate of drug-likeness (QED) is 0.519. The number of ether oxygens (including phenoxy) is 2. The molecule has 0 atom stereocenters. The highest BCUT2D eigenvalue weighted by molar-refractivity contribution is 9.10. The Bertz CT molecular complexity index is 719. The van der Waals surface area contributed by atoms with Crippen LogP contribution < -0.4 is 9.47 Å². The number of hydrogen-bond donors (Lipinski definition) is 0. The topological polar surface area (TPSA) is 47.0 Å². The van der Waals surface area contributed by atoms with E-state index in [0.29, 0.717) is 12.5 Å². The zero-order valence-electron chi connectivity index (χ0n) is 14.4. The molecule has 128 valence electrons. The van der Waals surface area contributed by atoms with Crippen molar-refractivity contribution in [2.24, 2.45) is 4.99 Å². The Morgan fingerprint density at radius 1 is 1.33 bits per heavy atom. The van der Waals surface area contributed by atoms with Crippen molar-refractivity contribution >= 4 is 28.0 Å². The van der Waals surface area contributed by atoms with Crippen LogP contribution in [0.25, 0.3) is 0 Å². The minimum atomic E-state index is 0.385. The van der Waals surface area contributed by atoms with E-state index in [0.717, 1.165) is 33.7 Å². The fourth-order valence-corrected chi connectivity index (χ4v) is 2.41. The fourth-order valence-electron chi connectivity index (χ4n) is 1.99. The molecule has 0 saturated carbocycles. The number of aliphatic imine (C=N–C) groups is 1. The maximum absolute atomic E-state index is 5.85. The van der Waals surface area contributed by atoms with Gasteiger partial charge in [0, 0.05) is 19.2 Å². The summed E-state index contributed by atoms with van der Waals surface area (Å²) in [6.07, 6.45) is 1.80. The highest BCUT2D eigenvalue weighted by atomic mass is 79.9. The van der Waals surface area contributed by atoms with Crippen LogP contribution in [-0.2, 0) is 6.61 Å². The van der Waals surface area contributed by atoms with Gasteiger partial charge in [-0.15, -0.1) is 0 Å². The highest BCUT2D eigenvalue weighted by Crippen LogP contribution is 2.30. The number of benzene rings is 1. The molecule has 0 aliphatic carbocycles. The molecule has 0 amide bonds. The summed E-state index contributed by atoms with van der Waals surface area (Å²) in [5.74, 6) is 1.34. The number of hydrogen-bond acceptors (Lipinski definition) is 4. The van der Waals surface area contributed by atoms with Crippen molar-refractivity contribution in [2.45, 2.75) is 20.5 Å². The molecule has 0 bridgehead atoms. The van der Waals surface area contributed by atoms with Crippen molar-refractivity contribution in [1.82, 2.24) is 9.88 Å². The third-order valence-electron chi connectivity index (χ3n) is 3.56. The predicted molar refractivity (Wildman–Crippen MR) is 100 cm³/mol. The molecule has 0 unspecified atom stereocenters. The molecule has 5 nitrogen and oxygen atoms in total. The standard InChI is InChI=1S/C18H22BrN3O2/c1-5-22(3)12-20-16-10-15(19)18(21-13(16)2)24-11-14-8-6-7-9-17(14)23-4/h6-10,12H,5,11H2,1-4H3. The summed E-state index contributed by atoms with van der Waals surface area (Å²) in [5.41, 5.74) is 2.60. The minimum absolute atomic E-state index is 0.385. The third-order valence-corrected chi connectivity index (χ3v) is 4.13. The summed E-state index contributed by atoms with van der Waals surface area (Å²) in [4.78, 5) is 11.0. The maximum atomic E-state index is 5.85. The van der Waals surface area contributed by atoms with Crippen LogP contribution in [0, 0.1) is 6.92 Å². The monoisotopic (exact) mass is 391 g/mol. The number of para-hydroxylation sites is 1. The molecule has 2 aromatic rings. The van der Waals surface area contributed by atoms with Crippen molar-refractivity contribution in [1.29, 1.82) is 0 Å². The van der Waals surface area contributed by atoms with E-state index in [4.69, 9.17) is 9.47 Å². The van der Waals surface area contributed by atoms with Gasteiger partial charge in [0.05, 0.1) is 29.3 Å². The van der Waals surface area contributed by atoms with Gasteiger partial charge in [-0.3, -0.25) is 0 Å². The molecule has 0 aliphatic heterocycles. The zero-order chi connectivity index (χ0) is 17.5. The molecule has 6 heteroatoms. The average Bonchev–Trinajstić information content (AvgIpc) is 2.60. The Morgan fingerprint density at radius 2 is 2.08 bits per heavy atom. The van der Waals surface area contributed by atoms with Gasteiger partial charge in [0.25, 0.3) is 0 Å². The van der Waals surface area contributed by atoms with E-state index in [2.05, 4.69) is 32.8 Å². The predicted octanol–water partition coefficient (Wildman–Crippen LogP) is 4.35. The highest BCUT2D eigenvalue weighted by Gasteiger charge is 2.10. The van der Waals surface area contributed by atoms with Gasteiger partial charge >= 0.3 is 0 Å². The van der Waals surface area contributed by atoms with Gasteiger partial charge in [0.15, 0.2) is 0 Å². The summed E-state index contributed by atoms with van der Waals surface area (Å²) in [6.45, 7) is 5.27. The lowest BCUT2D eigenvalue weighted by molar-refractivity contribution is 0.283. The van der Waals surface area contributed by atoms with Gasteiger partial charge in [-0.1, -0.05) is 18.2 Å². The number of pyridine rings is 1. The van der Waals surface area contributed by atoms with E-state index in [1.165, 1.54) is 0 Å². The number of aryl methyl sites for hydroxylation is 1. The lowest BCUT2D eigenvalue weighted by atomic mass is 10.2. The first-order chi connectivity index (χ1) is 11.5. The van der Waals surface area contributed by atoms with Crippen LogP contribution in [0.4, 0.5) is 5.69 Å². The van der Waals surface area contributed by atoms with Crippen molar-refractivity contribution < 1.29 is 9.47 Å². The van der Waals surface area contributed by atoms with Crippen LogP contribution in [0.3, 0.4) is 0 Å². The number of halogens is 1. The van der Waals surface area contributed by atoms with E-state index in [-0.39, 0.29) is 0 Å². The Morgan fingerprint density at radius 3 is 2.79 bits per heavy atom. The largest absolute Gasteiger partial charge is 0.496 e. The lowest BCUT2D eigenvalue weighted by Crippen LogP contribution is -2.14. The molecule has 0 aliphatic rings. The Balaban J connectivity index is 2.14. The Labute approximate surface area is 151 Å². The van der Waals surface area contributed by atoms with Gasteiger partial charge in [-0.2, -0.15) is 0 Å². The minimum Gasteiger partial charge on any atom is -0.496 e. The SMILES string of the molecule is CCN(C)C=Nc1cc(Br)c(OCc2ccccc2OC)nc1C. The second-order valence-electron chi connectivity index (χ2n) is 5.30. The number of nitrogens with zero attached hydrogens (tertiary/aromatic N) is 3. The number of methoxy groups -OCH3 is 1. The third kappa shape index (κ3) is 4.71. The van der Waals surface area contributed by atoms with E-state index in [1.807, 2.05) is 49.2 Å². The van der Waals surface area contributed by atoms with Crippen molar-refractivity contribution in [3.63, 3.8) is 0 Å². The van der Waals surface area contributed by atoms with Crippen LogP contribution >= 0.6 is 15.9 Å². The van der Waals surface area contributed by atoms with Crippen LogP contribution in [0.1, 0.15) is 18.2 Å². The van der Waals surface area contributed by atoms with Crippen molar-refractivity contribution in [3.8, 4) is 11.6 Å². The fraction of sp³-hybridized carbons (Fsp3) is 0.333. The Kier molecular flexibility index (Phi) is 6.61. The number of rotatable bonds is 7. The maximum Gasteiger partial charge on any atom is 0.228 e. The van der Waals surface area contributed by atoms with Crippen molar-refractivity contribution in [3.05, 3.63) is 46.1 Å². The van der Waals surface area contributed by atoms with Gasteiger partial charge in [0.2, 0.25) is 5.88 Å². The smallest absolute Gasteiger partial charge is 0.228 e. The van der Waals surface area contributed by atoms with Gasteiger partial charge in [-0.25, -0.2) is 9.98 Å². The molecule has 0 spiro atoms. The molecule has 0 fully saturated rings. The van der Waals surface area contributed by atoms with Crippen molar-refractivity contribution in [2.75, 3.05) is 20.7 Å². The molecule has 0 N–H and O–H groups in total. The summed E-state index contributed by atoms with van der Waals surface area (Å²) >= 11 is 3.51. The average molecular weight is 392 g/mol. The molecule has 1 heterocycles. The normalized spacial score (nSPS) is 10.9. The van der Waals surface area contributed by atoms with Gasteiger partial charge in [0.1, 0.15) is 12.4 Å². The van der Waals surface area contributed by atoms with E-state index < -0.39 is 0 Å². The van der Waals surface area contributed by atoms with E-state index in [9.17, 15) is 0 Å². The summed E-state index contributed by atoms with van der Waals surface area (Å²) in [5, 5.41) is 0. The first-order valence-electron chi connectivity index (χ1n) is 7.71. The first-order valence-corrected chi connectivity index (χ1v) is 8.50. The van der Waals surface area contributed by atoms with Gasteiger partial charge in [-0.05, 0) is 41.9 Å². The van der Waals surface area contributed by atoms with Crippen LogP contribution in [0.5, 0.6) is 11.6 Å². The Hall–Kier alpha value is -2.08. The molecule has 1 aromatic carbocycles. The molecular formula is C18H22BrN3O2. The molecule has 0 saturated heterocycles. The van der Waals surface area contributed by atoms with Crippen LogP contribution in [-0.4, -0.2) is 36.9 Å². The van der Waals surface area contributed by atoms with E-state index in [1.54, 1.807) is 13.4 Å². The lowest BCUT2D eigenvalue weighted by Gasteiger charge is -2.12. The molecule has 1 aromatic heterocycles. The number of aromatic nitrogens is 1. The molecule has 24 heavy (non-hydrogen) atoms. The molecule has 2 rings (SSSR count).